The smallest absolute Gasteiger partial charge is 0.0976 e. The first-order chi connectivity index (χ1) is 9.49. The van der Waals surface area contributed by atoms with E-state index < -0.39 is 0 Å². The molecule has 0 aliphatic heterocycles. The molecule has 0 unspecified atom stereocenters. The molecule has 0 saturated carbocycles. The molecule has 0 bridgehead atoms. The topological polar surface area (TPSA) is 0 Å². The third-order valence-corrected chi connectivity index (χ3v) is 4.01. The summed E-state index contributed by atoms with van der Waals surface area (Å²) in [6, 6.07) is 0. The Hall–Kier alpha value is -0.560. The zero-order valence-electron chi connectivity index (χ0n) is 15.0. The summed E-state index contributed by atoms with van der Waals surface area (Å²) in [5.74, 6) is 0. The fourth-order valence-electron chi connectivity index (χ4n) is 3.07. The number of nitrogens with zero attached hydrogens (tertiary/aromatic N) is 1. The Morgan fingerprint density at radius 3 is 1.70 bits per heavy atom. The molecule has 0 aromatic carbocycles. The molecule has 0 aliphatic carbocycles. The van der Waals surface area contributed by atoms with Gasteiger partial charge < -0.3 is 4.48 Å². The van der Waals surface area contributed by atoms with E-state index in [1.807, 2.05) is 0 Å². The Kier molecular flexibility index (Phi) is 10.8. The molecule has 0 atom stereocenters. The Labute approximate surface area is 128 Å². The van der Waals surface area contributed by atoms with Crippen molar-refractivity contribution in [3.63, 3.8) is 0 Å². The number of quaternary nitrogens is 1. The first-order valence-electron chi connectivity index (χ1n) is 8.63. The van der Waals surface area contributed by atoms with Crippen LogP contribution >= 0.6 is 0 Å². The van der Waals surface area contributed by atoms with E-state index in [9.17, 15) is 0 Å². The SMILES string of the molecule is CCC[N+](CC=C(C)CCC=C(C)C)(CCC)CCC. The Balaban J connectivity index is 4.58. The van der Waals surface area contributed by atoms with Gasteiger partial charge in [0.05, 0.1) is 26.2 Å². The molecule has 20 heavy (non-hydrogen) atoms. The van der Waals surface area contributed by atoms with Gasteiger partial charge in [-0.25, -0.2) is 0 Å². The van der Waals surface area contributed by atoms with E-state index in [2.05, 4.69) is 53.7 Å². The Morgan fingerprint density at radius 1 is 0.800 bits per heavy atom. The number of hydrogen-bond donors (Lipinski definition) is 0. The van der Waals surface area contributed by atoms with Gasteiger partial charge in [0.25, 0.3) is 0 Å². The van der Waals surface area contributed by atoms with Gasteiger partial charge in [-0.1, -0.05) is 38.0 Å². The van der Waals surface area contributed by atoms with Crippen molar-refractivity contribution in [1.29, 1.82) is 0 Å². The molecule has 0 fully saturated rings. The third kappa shape index (κ3) is 8.58. The summed E-state index contributed by atoms with van der Waals surface area (Å²) in [5.41, 5.74) is 3.00. The van der Waals surface area contributed by atoms with Crippen LogP contribution in [0.3, 0.4) is 0 Å². The zero-order valence-corrected chi connectivity index (χ0v) is 15.0. The highest BCUT2D eigenvalue weighted by Gasteiger charge is 2.22. The van der Waals surface area contributed by atoms with Crippen molar-refractivity contribution < 1.29 is 4.48 Å². The summed E-state index contributed by atoms with van der Waals surface area (Å²) >= 11 is 0. The monoisotopic (exact) mass is 280 g/mol. The van der Waals surface area contributed by atoms with Crippen LogP contribution in [0.15, 0.2) is 23.3 Å². The van der Waals surface area contributed by atoms with Crippen molar-refractivity contribution in [2.75, 3.05) is 26.2 Å². The summed E-state index contributed by atoms with van der Waals surface area (Å²) in [6.07, 6.45) is 11.2. The van der Waals surface area contributed by atoms with Crippen molar-refractivity contribution in [3.8, 4) is 0 Å². The van der Waals surface area contributed by atoms with Gasteiger partial charge in [0.2, 0.25) is 0 Å². The van der Waals surface area contributed by atoms with Crippen LogP contribution in [0.2, 0.25) is 0 Å². The quantitative estimate of drug-likeness (QED) is 0.335. The van der Waals surface area contributed by atoms with Crippen molar-refractivity contribution >= 4 is 0 Å². The molecule has 0 spiro atoms. The van der Waals surface area contributed by atoms with Crippen molar-refractivity contribution in [2.45, 2.75) is 73.6 Å². The summed E-state index contributed by atoms with van der Waals surface area (Å²) in [6.45, 7) is 18.9. The van der Waals surface area contributed by atoms with Gasteiger partial charge in [-0.3, -0.25) is 0 Å². The second-order valence-electron chi connectivity index (χ2n) is 6.57. The lowest BCUT2D eigenvalue weighted by atomic mass is 10.1. The number of hydrogen-bond acceptors (Lipinski definition) is 0. The van der Waals surface area contributed by atoms with Gasteiger partial charge >= 0.3 is 0 Å². The molecular weight excluding hydrogens is 242 g/mol. The van der Waals surface area contributed by atoms with Crippen LogP contribution in [-0.2, 0) is 0 Å². The molecule has 1 heteroatoms. The predicted octanol–water partition coefficient (Wildman–Crippen LogP) is 5.73. The average molecular weight is 281 g/mol. The maximum atomic E-state index is 2.51. The molecule has 0 saturated heterocycles. The summed E-state index contributed by atoms with van der Waals surface area (Å²) in [5, 5.41) is 0. The Bertz CT molecular complexity index is 278. The van der Waals surface area contributed by atoms with E-state index in [0.29, 0.717) is 0 Å². The third-order valence-electron chi connectivity index (χ3n) is 4.01. The van der Waals surface area contributed by atoms with Gasteiger partial charge in [-0.05, 0) is 59.0 Å². The van der Waals surface area contributed by atoms with Crippen molar-refractivity contribution in [2.24, 2.45) is 0 Å². The lowest BCUT2D eigenvalue weighted by Crippen LogP contribution is -2.49. The minimum absolute atomic E-state index is 1.19. The molecule has 0 rings (SSSR count). The van der Waals surface area contributed by atoms with Crippen LogP contribution < -0.4 is 0 Å². The fraction of sp³-hybridized carbons (Fsp3) is 0.789. The molecule has 0 radical (unpaired) electrons. The van der Waals surface area contributed by atoms with Crippen molar-refractivity contribution in [3.05, 3.63) is 23.3 Å². The normalized spacial score (nSPS) is 12.6. The van der Waals surface area contributed by atoms with E-state index in [4.69, 9.17) is 0 Å². The van der Waals surface area contributed by atoms with Crippen LogP contribution in [0.25, 0.3) is 0 Å². The van der Waals surface area contributed by atoms with E-state index in [1.54, 1.807) is 5.57 Å². The second kappa shape index (κ2) is 11.1. The minimum Gasteiger partial charge on any atom is -0.320 e. The highest BCUT2D eigenvalue weighted by molar-refractivity contribution is 5.02. The molecule has 1 nitrogen and oxygen atoms in total. The van der Waals surface area contributed by atoms with Crippen LogP contribution in [-0.4, -0.2) is 30.7 Å². The molecule has 0 aromatic heterocycles. The second-order valence-corrected chi connectivity index (χ2v) is 6.57. The summed E-state index contributed by atoms with van der Waals surface area (Å²) in [4.78, 5) is 0. The zero-order chi connectivity index (χ0) is 15.4. The molecular formula is C19H38N+. The van der Waals surface area contributed by atoms with Crippen LogP contribution in [0.1, 0.15) is 73.6 Å². The first kappa shape index (κ1) is 19.4. The lowest BCUT2D eigenvalue weighted by molar-refractivity contribution is -0.923. The number of allylic oxidation sites excluding steroid dienone is 3. The largest absolute Gasteiger partial charge is 0.320 e. The lowest BCUT2D eigenvalue weighted by Gasteiger charge is -2.38. The first-order valence-corrected chi connectivity index (χ1v) is 8.63. The maximum absolute atomic E-state index is 2.51. The minimum atomic E-state index is 1.19. The predicted molar refractivity (Wildman–Crippen MR) is 93.0 cm³/mol. The van der Waals surface area contributed by atoms with Gasteiger partial charge in [0.1, 0.15) is 0 Å². The van der Waals surface area contributed by atoms with E-state index in [-0.39, 0.29) is 0 Å². The van der Waals surface area contributed by atoms with Crippen molar-refractivity contribution in [1.82, 2.24) is 0 Å². The van der Waals surface area contributed by atoms with Gasteiger partial charge in [-0.2, -0.15) is 0 Å². The van der Waals surface area contributed by atoms with Gasteiger partial charge in [-0.15, -0.1) is 0 Å². The highest BCUT2D eigenvalue weighted by atomic mass is 15.3. The Morgan fingerprint density at radius 2 is 1.30 bits per heavy atom. The van der Waals surface area contributed by atoms with Crippen LogP contribution in [0.4, 0.5) is 0 Å². The fourth-order valence-corrected chi connectivity index (χ4v) is 3.07. The van der Waals surface area contributed by atoms with Gasteiger partial charge in [0.15, 0.2) is 0 Å². The average Bonchev–Trinajstić information content (AvgIpc) is 2.37. The van der Waals surface area contributed by atoms with E-state index in [0.717, 1.165) is 0 Å². The molecule has 0 aromatic rings. The number of rotatable bonds is 11. The van der Waals surface area contributed by atoms with E-state index in [1.165, 1.54) is 68.3 Å². The molecule has 118 valence electrons. The van der Waals surface area contributed by atoms with Crippen LogP contribution in [0.5, 0.6) is 0 Å². The molecule has 0 aliphatic rings. The van der Waals surface area contributed by atoms with Crippen LogP contribution in [0, 0.1) is 0 Å². The highest BCUT2D eigenvalue weighted by Crippen LogP contribution is 2.14. The summed E-state index contributed by atoms with van der Waals surface area (Å²) in [7, 11) is 0. The summed E-state index contributed by atoms with van der Waals surface area (Å²) < 4.78 is 1.30. The van der Waals surface area contributed by atoms with E-state index >= 15 is 0 Å². The molecule has 0 heterocycles. The maximum Gasteiger partial charge on any atom is 0.0976 e. The van der Waals surface area contributed by atoms with Gasteiger partial charge in [0, 0.05) is 0 Å². The molecule has 0 N–H and O–H groups in total. The standard InChI is InChI=1S/C19H38N/c1-7-14-20(15-8-2,16-9-3)17-13-19(6)12-10-11-18(4)5/h11,13H,7-10,12,14-17H2,1-6H3/q+1. The molecule has 0 amide bonds.